The zero-order valence-electron chi connectivity index (χ0n) is 13.8. The van der Waals surface area contributed by atoms with Crippen molar-refractivity contribution < 1.29 is 32.8 Å². The van der Waals surface area contributed by atoms with Crippen LogP contribution in [0.3, 0.4) is 0 Å². The molecule has 25 heavy (non-hydrogen) atoms. The summed E-state index contributed by atoms with van der Waals surface area (Å²) in [5, 5.41) is 16.6. The Labute approximate surface area is 145 Å². The third kappa shape index (κ3) is 6.17. The van der Waals surface area contributed by atoms with Crippen LogP contribution in [-0.2, 0) is 19.7 Å². The molecule has 0 amide bonds. The van der Waals surface area contributed by atoms with E-state index >= 15 is 0 Å². The topological polar surface area (TPSA) is 129 Å². The average Bonchev–Trinajstić information content (AvgIpc) is 2.51. The lowest BCUT2D eigenvalue weighted by atomic mass is 9.96. The molecular formula is C17H20O7S. The summed E-state index contributed by atoms with van der Waals surface area (Å²) in [6, 6.07) is 15.1. The summed E-state index contributed by atoms with van der Waals surface area (Å²) in [5.41, 5.74) is 1.44. The molecule has 2 rings (SSSR count). The van der Waals surface area contributed by atoms with E-state index in [1.807, 2.05) is 0 Å². The molecule has 0 saturated heterocycles. The summed E-state index contributed by atoms with van der Waals surface area (Å²) in [5.74, 6) is -2.90. The van der Waals surface area contributed by atoms with Crippen LogP contribution in [0.25, 0.3) is 10.8 Å². The van der Waals surface area contributed by atoms with Crippen molar-refractivity contribution in [2.75, 3.05) is 0 Å². The van der Waals surface area contributed by atoms with Gasteiger partial charge in [0.2, 0.25) is 0 Å². The molecule has 0 bridgehead atoms. The van der Waals surface area contributed by atoms with Crippen LogP contribution in [0.15, 0.2) is 42.5 Å². The van der Waals surface area contributed by atoms with Crippen LogP contribution in [0.2, 0.25) is 0 Å². The standard InChI is InChI=1S/C13H14.C4H6O7S/c1-10(2)12-9-5-7-11-6-3-4-8-13(11)12;5-3(6)1-2(4(7)8)12(9,10)11/h3-10H,1-2H3;2H,1H2,(H,5,6)(H,7,8)(H,9,10,11). The number of hydrogen-bond donors (Lipinski definition) is 3. The quantitative estimate of drug-likeness (QED) is 0.692. The highest BCUT2D eigenvalue weighted by Gasteiger charge is 2.33. The fourth-order valence-corrected chi connectivity index (χ4v) is 2.84. The van der Waals surface area contributed by atoms with Gasteiger partial charge >= 0.3 is 11.9 Å². The Kier molecular flexibility index (Phi) is 7.08. The summed E-state index contributed by atoms with van der Waals surface area (Å²) in [4.78, 5) is 20.0. The van der Waals surface area contributed by atoms with Crippen molar-refractivity contribution in [3.05, 3.63) is 48.0 Å². The first-order valence-electron chi connectivity index (χ1n) is 7.42. The lowest BCUT2D eigenvalue weighted by Crippen LogP contribution is -2.31. The van der Waals surface area contributed by atoms with Crippen LogP contribution in [0, 0.1) is 0 Å². The van der Waals surface area contributed by atoms with Crippen LogP contribution >= 0.6 is 0 Å². The highest BCUT2D eigenvalue weighted by atomic mass is 32.2. The zero-order valence-corrected chi connectivity index (χ0v) is 14.6. The van der Waals surface area contributed by atoms with Crippen LogP contribution in [0.4, 0.5) is 0 Å². The van der Waals surface area contributed by atoms with Crippen LogP contribution < -0.4 is 0 Å². The van der Waals surface area contributed by atoms with E-state index in [0.29, 0.717) is 5.92 Å². The van der Waals surface area contributed by atoms with E-state index in [4.69, 9.17) is 14.8 Å². The van der Waals surface area contributed by atoms with E-state index in [9.17, 15) is 18.0 Å². The van der Waals surface area contributed by atoms with Gasteiger partial charge in [0.1, 0.15) is 0 Å². The molecule has 8 heteroatoms. The van der Waals surface area contributed by atoms with Crippen LogP contribution in [0.5, 0.6) is 0 Å². The molecule has 0 heterocycles. The minimum atomic E-state index is -4.84. The Balaban J connectivity index is 0.000000252. The average molecular weight is 368 g/mol. The second kappa shape index (κ2) is 8.59. The minimum absolute atomic E-state index is 0.603. The van der Waals surface area contributed by atoms with E-state index in [1.165, 1.54) is 16.3 Å². The summed E-state index contributed by atoms with van der Waals surface area (Å²) >= 11 is 0. The Bertz CT molecular complexity index is 851. The van der Waals surface area contributed by atoms with Crippen LogP contribution in [0.1, 0.15) is 31.7 Å². The molecule has 2 aromatic carbocycles. The lowest BCUT2D eigenvalue weighted by molar-refractivity contribution is -0.143. The summed E-state index contributed by atoms with van der Waals surface area (Å²) < 4.78 is 28.7. The SMILES string of the molecule is CC(C)c1cccc2ccccc12.O=C(O)CC(C(=O)O)S(=O)(=O)O. The first kappa shape index (κ1) is 20.6. The van der Waals surface area contributed by atoms with E-state index in [2.05, 4.69) is 56.3 Å². The Morgan fingerprint density at radius 1 is 1.00 bits per heavy atom. The molecule has 0 aliphatic carbocycles. The highest BCUT2D eigenvalue weighted by molar-refractivity contribution is 7.87. The van der Waals surface area contributed by atoms with Crippen molar-refractivity contribution in [1.29, 1.82) is 0 Å². The summed E-state index contributed by atoms with van der Waals surface area (Å²) in [6.07, 6.45) is -1.16. The predicted octanol–water partition coefficient (Wildman–Crippen LogP) is 2.77. The monoisotopic (exact) mass is 368 g/mol. The predicted molar refractivity (Wildman–Crippen MR) is 93.3 cm³/mol. The molecule has 0 aromatic heterocycles. The van der Waals surface area contributed by atoms with Gasteiger partial charge in [-0.05, 0) is 22.3 Å². The Morgan fingerprint density at radius 3 is 2.00 bits per heavy atom. The number of carboxylic acid groups (broad SMARTS) is 2. The first-order chi connectivity index (χ1) is 11.5. The summed E-state index contributed by atoms with van der Waals surface area (Å²) in [6.45, 7) is 4.48. The fourth-order valence-electron chi connectivity index (χ4n) is 2.23. The first-order valence-corrected chi connectivity index (χ1v) is 8.93. The maximum Gasteiger partial charge on any atom is 0.325 e. The normalized spacial score (nSPS) is 12.3. The van der Waals surface area contributed by atoms with E-state index in [1.54, 1.807) is 0 Å². The van der Waals surface area contributed by atoms with Gasteiger partial charge in [-0.2, -0.15) is 8.42 Å². The smallest absolute Gasteiger partial charge is 0.325 e. The molecule has 0 saturated carbocycles. The molecule has 0 spiro atoms. The molecule has 1 unspecified atom stereocenters. The van der Waals surface area contributed by atoms with Gasteiger partial charge in [-0.15, -0.1) is 0 Å². The number of rotatable bonds is 5. The van der Waals surface area contributed by atoms with Crippen molar-refractivity contribution >= 4 is 32.8 Å². The molecule has 2 aromatic rings. The third-order valence-electron chi connectivity index (χ3n) is 3.44. The summed E-state index contributed by atoms with van der Waals surface area (Å²) in [7, 11) is -4.84. The molecule has 0 radical (unpaired) electrons. The van der Waals surface area contributed by atoms with Gasteiger partial charge in [-0.3, -0.25) is 14.1 Å². The fraction of sp³-hybridized carbons (Fsp3) is 0.294. The maximum atomic E-state index is 10.2. The zero-order chi connectivity index (χ0) is 19.2. The number of aliphatic carboxylic acids is 2. The van der Waals surface area contributed by atoms with Crippen LogP contribution in [-0.4, -0.2) is 40.4 Å². The Morgan fingerprint density at radius 2 is 1.56 bits per heavy atom. The van der Waals surface area contributed by atoms with Gasteiger partial charge in [0.25, 0.3) is 10.1 Å². The number of carbonyl (C=O) groups is 2. The van der Waals surface area contributed by atoms with E-state index in [0.717, 1.165) is 0 Å². The van der Waals surface area contributed by atoms with Gasteiger partial charge in [0.05, 0.1) is 6.42 Å². The van der Waals surface area contributed by atoms with Gasteiger partial charge < -0.3 is 10.2 Å². The molecule has 0 aliphatic heterocycles. The van der Waals surface area contributed by atoms with Gasteiger partial charge in [-0.25, -0.2) is 0 Å². The largest absolute Gasteiger partial charge is 0.481 e. The third-order valence-corrected chi connectivity index (χ3v) is 4.53. The molecular weight excluding hydrogens is 348 g/mol. The van der Waals surface area contributed by atoms with Crippen molar-refractivity contribution in [2.45, 2.75) is 31.4 Å². The molecule has 0 aliphatic rings. The van der Waals surface area contributed by atoms with Gasteiger partial charge in [0.15, 0.2) is 5.25 Å². The van der Waals surface area contributed by atoms with E-state index in [-0.39, 0.29) is 0 Å². The van der Waals surface area contributed by atoms with Crippen molar-refractivity contribution in [3.63, 3.8) is 0 Å². The molecule has 136 valence electrons. The molecule has 0 fully saturated rings. The number of fused-ring (bicyclic) bond motifs is 1. The van der Waals surface area contributed by atoms with Crippen molar-refractivity contribution in [1.82, 2.24) is 0 Å². The number of benzene rings is 2. The van der Waals surface area contributed by atoms with Crippen molar-refractivity contribution in [2.24, 2.45) is 0 Å². The van der Waals surface area contributed by atoms with Gasteiger partial charge in [0, 0.05) is 0 Å². The highest BCUT2D eigenvalue weighted by Crippen LogP contribution is 2.24. The second-order valence-corrected chi connectivity index (χ2v) is 7.26. The maximum absolute atomic E-state index is 10.2. The van der Waals surface area contributed by atoms with Crippen molar-refractivity contribution in [3.8, 4) is 0 Å². The Hall–Kier alpha value is -2.45. The lowest BCUT2D eigenvalue weighted by Gasteiger charge is -2.08. The number of carboxylic acids is 2. The molecule has 1 atom stereocenters. The minimum Gasteiger partial charge on any atom is -0.481 e. The molecule has 7 nitrogen and oxygen atoms in total. The molecule has 3 N–H and O–H groups in total. The second-order valence-electron chi connectivity index (χ2n) is 5.66. The van der Waals surface area contributed by atoms with E-state index < -0.39 is 33.7 Å². The van der Waals surface area contributed by atoms with Gasteiger partial charge in [-0.1, -0.05) is 56.3 Å². The number of hydrogen-bond acceptors (Lipinski definition) is 4.